The highest BCUT2D eigenvalue weighted by Crippen LogP contribution is 2.47. The van der Waals surface area contributed by atoms with Crippen LogP contribution in [0.1, 0.15) is 32.7 Å². The van der Waals surface area contributed by atoms with Crippen molar-refractivity contribution in [3.05, 3.63) is 71.3 Å². The molecule has 0 fully saturated rings. The van der Waals surface area contributed by atoms with Crippen molar-refractivity contribution in [1.82, 2.24) is 4.90 Å². The van der Waals surface area contributed by atoms with Crippen molar-refractivity contribution in [1.29, 1.82) is 0 Å². The maximum atomic E-state index is 12.9. The molecule has 1 atom stereocenters. The second-order valence-corrected chi connectivity index (χ2v) is 9.02. The average Bonchev–Trinajstić information content (AvgIpc) is 3.03. The number of hydrogen-bond acceptors (Lipinski definition) is 7. The van der Waals surface area contributed by atoms with Gasteiger partial charge in [-0.25, -0.2) is 4.79 Å². The predicted octanol–water partition coefficient (Wildman–Crippen LogP) is 3.27. The van der Waals surface area contributed by atoms with Gasteiger partial charge in [0.15, 0.2) is 0 Å². The van der Waals surface area contributed by atoms with Crippen LogP contribution in [0.2, 0.25) is 0 Å². The van der Waals surface area contributed by atoms with E-state index < -0.39 is 31.4 Å². The first kappa shape index (κ1) is 21.9. The zero-order valence-corrected chi connectivity index (χ0v) is 17.5. The topological polar surface area (TPSA) is 99.2 Å². The standard InChI is InChI=1S/C21H22NO7P/c1-27-30(26,28-2)13-12-18(21(25)29-14-15-8-4-3-5-9-15)22-19(23)16-10-6-7-11-17(16)20(22)24/h3-11,18H,12-14H2,1-2H3/t18-/m0/s1. The minimum atomic E-state index is -3.46. The third kappa shape index (κ3) is 4.51. The first-order valence-electron chi connectivity index (χ1n) is 9.28. The molecule has 2 amide bonds. The molecule has 0 saturated heterocycles. The molecule has 0 unspecified atom stereocenters. The number of rotatable bonds is 9. The van der Waals surface area contributed by atoms with Gasteiger partial charge in [-0.3, -0.25) is 19.1 Å². The first-order chi connectivity index (χ1) is 14.4. The third-order valence-electron chi connectivity index (χ3n) is 4.87. The monoisotopic (exact) mass is 431 g/mol. The van der Waals surface area contributed by atoms with E-state index in [0.29, 0.717) is 0 Å². The van der Waals surface area contributed by atoms with E-state index in [4.69, 9.17) is 13.8 Å². The van der Waals surface area contributed by atoms with Crippen LogP contribution in [0.4, 0.5) is 0 Å². The Morgan fingerprint density at radius 1 is 0.933 bits per heavy atom. The van der Waals surface area contributed by atoms with Crippen LogP contribution in [0.3, 0.4) is 0 Å². The van der Waals surface area contributed by atoms with Crippen LogP contribution in [0, 0.1) is 0 Å². The van der Waals surface area contributed by atoms with Crippen molar-refractivity contribution >= 4 is 25.4 Å². The molecule has 1 aliphatic heterocycles. The van der Waals surface area contributed by atoms with Gasteiger partial charge in [0.2, 0.25) is 0 Å². The SMILES string of the molecule is COP(=O)(CC[C@@H](C(=O)OCc1ccccc1)N1C(=O)c2ccccc2C1=O)OC. The number of carbonyl (C=O) groups is 3. The number of fused-ring (bicyclic) bond motifs is 1. The fraction of sp³-hybridized carbons (Fsp3) is 0.286. The van der Waals surface area contributed by atoms with E-state index in [1.54, 1.807) is 36.4 Å². The Morgan fingerprint density at radius 3 is 2.00 bits per heavy atom. The van der Waals surface area contributed by atoms with Crippen LogP contribution < -0.4 is 0 Å². The van der Waals surface area contributed by atoms with Gasteiger partial charge < -0.3 is 13.8 Å². The minimum Gasteiger partial charge on any atom is -0.459 e. The van der Waals surface area contributed by atoms with E-state index >= 15 is 0 Å². The van der Waals surface area contributed by atoms with Crippen molar-refractivity contribution in [3.63, 3.8) is 0 Å². The minimum absolute atomic E-state index is 0.0223. The highest BCUT2D eigenvalue weighted by molar-refractivity contribution is 7.53. The summed E-state index contributed by atoms with van der Waals surface area (Å²) in [4.78, 5) is 39.5. The number of amides is 2. The van der Waals surface area contributed by atoms with Gasteiger partial charge in [0.25, 0.3) is 11.8 Å². The summed E-state index contributed by atoms with van der Waals surface area (Å²) in [7, 11) is -1.000. The summed E-state index contributed by atoms with van der Waals surface area (Å²) in [5.74, 6) is -1.96. The predicted molar refractivity (Wildman–Crippen MR) is 108 cm³/mol. The Balaban J connectivity index is 1.84. The van der Waals surface area contributed by atoms with Crippen molar-refractivity contribution < 1.29 is 32.7 Å². The Bertz CT molecular complexity index is 949. The van der Waals surface area contributed by atoms with Crippen molar-refractivity contribution in [2.75, 3.05) is 20.4 Å². The van der Waals surface area contributed by atoms with Crippen LogP contribution in [0.5, 0.6) is 0 Å². The molecular formula is C21H22NO7P. The molecule has 0 bridgehead atoms. The summed E-state index contributed by atoms with van der Waals surface area (Å²) < 4.78 is 27.7. The van der Waals surface area contributed by atoms with Crippen LogP contribution >= 0.6 is 7.60 Å². The lowest BCUT2D eigenvalue weighted by Crippen LogP contribution is -2.46. The zero-order valence-electron chi connectivity index (χ0n) is 16.6. The maximum Gasteiger partial charge on any atom is 0.330 e. The van der Waals surface area contributed by atoms with E-state index in [0.717, 1.165) is 10.5 Å². The fourth-order valence-electron chi connectivity index (χ4n) is 3.21. The normalized spacial score (nSPS) is 14.5. The average molecular weight is 431 g/mol. The van der Waals surface area contributed by atoms with Crippen molar-refractivity contribution in [2.45, 2.75) is 19.1 Å². The van der Waals surface area contributed by atoms with Gasteiger partial charge >= 0.3 is 13.6 Å². The fourth-order valence-corrected chi connectivity index (χ4v) is 4.28. The summed E-state index contributed by atoms with van der Waals surface area (Å²) in [6.45, 7) is -0.0223. The van der Waals surface area contributed by atoms with Crippen molar-refractivity contribution in [2.24, 2.45) is 0 Å². The molecule has 0 aromatic heterocycles. The third-order valence-corrected chi connectivity index (χ3v) is 6.78. The molecular weight excluding hydrogens is 409 g/mol. The maximum absolute atomic E-state index is 12.9. The molecule has 3 rings (SSSR count). The van der Waals surface area contributed by atoms with Gasteiger partial charge in [-0.2, -0.15) is 0 Å². The molecule has 158 valence electrons. The van der Waals surface area contributed by atoms with Gasteiger partial charge in [0, 0.05) is 14.2 Å². The molecule has 30 heavy (non-hydrogen) atoms. The molecule has 1 aliphatic rings. The number of ether oxygens (including phenoxy) is 1. The molecule has 0 spiro atoms. The molecule has 0 radical (unpaired) electrons. The molecule has 0 N–H and O–H groups in total. The summed E-state index contributed by atoms with van der Waals surface area (Å²) in [5, 5.41) is 0. The molecule has 2 aromatic carbocycles. The highest BCUT2D eigenvalue weighted by atomic mass is 31.2. The second kappa shape index (κ2) is 9.34. The Kier molecular flexibility index (Phi) is 6.82. The van der Waals surface area contributed by atoms with Gasteiger partial charge in [0.05, 0.1) is 17.3 Å². The lowest BCUT2D eigenvalue weighted by atomic mass is 10.1. The lowest BCUT2D eigenvalue weighted by molar-refractivity contribution is -0.149. The van der Waals surface area contributed by atoms with Gasteiger partial charge in [-0.15, -0.1) is 0 Å². The van der Waals surface area contributed by atoms with Crippen LogP contribution in [-0.4, -0.2) is 49.1 Å². The number of carbonyl (C=O) groups excluding carboxylic acids is 3. The molecule has 8 nitrogen and oxygen atoms in total. The number of esters is 1. The first-order valence-corrected chi connectivity index (χ1v) is 11.0. The number of benzene rings is 2. The van der Waals surface area contributed by atoms with Gasteiger partial charge in [-0.1, -0.05) is 42.5 Å². The number of hydrogen-bond donors (Lipinski definition) is 0. The Hall–Kier alpha value is -2.80. The number of nitrogens with zero attached hydrogens (tertiary/aromatic N) is 1. The Labute approximate surface area is 174 Å². The van der Waals surface area contributed by atoms with Crippen LogP contribution in [0.25, 0.3) is 0 Å². The van der Waals surface area contributed by atoms with Crippen molar-refractivity contribution in [3.8, 4) is 0 Å². The van der Waals surface area contributed by atoms with E-state index in [2.05, 4.69) is 0 Å². The molecule has 1 heterocycles. The zero-order chi connectivity index (χ0) is 21.7. The van der Waals surface area contributed by atoms with Crippen LogP contribution in [-0.2, 0) is 29.8 Å². The summed E-state index contributed by atoms with van der Waals surface area (Å²) >= 11 is 0. The van der Waals surface area contributed by atoms with E-state index in [1.165, 1.54) is 26.4 Å². The molecule has 9 heteroatoms. The smallest absolute Gasteiger partial charge is 0.330 e. The lowest BCUT2D eigenvalue weighted by Gasteiger charge is -2.25. The van der Waals surface area contributed by atoms with E-state index in [1.807, 2.05) is 6.07 Å². The number of imide groups is 1. The summed E-state index contributed by atoms with van der Waals surface area (Å²) in [5.41, 5.74) is 1.18. The van der Waals surface area contributed by atoms with Gasteiger partial charge in [-0.05, 0) is 24.1 Å². The molecule has 0 saturated carbocycles. The van der Waals surface area contributed by atoms with Gasteiger partial charge in [0.1, 0.15) is 12.6 Å². The largest absolute Gasteiger partial charge is 0.459 e. The quantitative estimate of drug-likeness (QED) is 0.341. The summed E-state index contributed by atoms with van der Waals surface area (Å²) in [6, 6.07) is 14.1. The Morgan fingerprint density at radius 2 is 1.47 bits per heavy atom. The van der Waals surface area contributed by atoms with E-state index in [9.17, 15) is 18.9 Å². The summed E-state index contributed by atoms with van der Waals surface area (Å²) in [6.07, 6.45) is -0.295. The van der Waals surface area contributed by atoms with Crippen LogP contribution in [0.15, 0.2) is 54.6 Å². The second-order valence-electron chi connectivity index (χ2n) is 6.62. The highest BCUT2D eigenvalue weighted by Gasteiger charge is 2.44. The molecule has 2 aromatic rings. The van der Waals surface area contributed by atoms with E-state index in [-0.39, 0.29) is 30.3 Å². The molecule has 0 aliphatic carbocycles.